The van der Waals surface area contributed by atoms with Gasteiger partial charge in [-0.1, -0.05) is 48.5 Å². The van der Waals surface area contributed by atoms with Gasteiger partial charge in [-0.05, 0) is 48.4 Å². The summed E-state index contributed by atoms with van der Waals surface area (Å²) in [5.41, 5.74) is 3.44. The molecule has 0 radical (unpaired) electrons. The molecule has 3 aromatic rings. The number of thioether (sulfide) groups is 1. The molecule has 2 amide bonds. The summed E-state index contributed by atoms with van der Waals surface area (Å²) in [6.45, 7) is 2.58. The Bertz CT molecular complexity index is 1150. The van der Waals surface area contributed by atoms with Crippen molar-refractivity contribution < 1.29 is 19.1 Å². The summed E-state index contributed by atoms with van der Waals surface area (Å²) in [7, 11) is 0. The minimum atomic E-state index is -0.429. The number of esters is 1. The van der Waals surface area contributed by atoms with E-state index in [9.17, 15) is 14.4 Å². The Kier molecular flexibility index (Phi) is 7.10. The molecule has 1 heterocycles. The van der Waals surface area contributed by atoms with Gasteiger partial charge in [0.25, 0.3) is 5.91 Å². The summed E-state index contributed by atoms with van der Waals surface area (Å²) in [5, 5.41) is 2.73. The number of ether oxygens (including phenoxy) is 1. The predicted molar refractivity (Wildman–Crippen MR) is 129 cm³/mol. The van der Waals surface area contributed by atoms with Gasteiger partial charge >= 0.3 is 5.97 Å². The van der Waals surface area contributed by atoms with Crippen LogP contribution in [0.2, 0.25) is 0 Å². The molecule has 0 saturated carbocycles. The number of hydrogen-bond donors (Lipinski definition) is 1. The molecule has 1 aliphatic rings. The fraction of sp³-hybridized carbons (Fsp3) is 0.192. The van der Waals surface area contributed by atoms with Crippen LogP contribution in [0.15, 0.2) is 78.9 Å². The lowest BCUT2D eigenvalue weighted by atomic mass is 10.1. The first kappa shape index (κ1) is 22.6. The van der Waals surface area contributed by atoms with Gasteiger partial charge in [-0.15, -0.1) is 11.8 Å². The molecule has 1 fully saturated rings. The largest absolute Gasteiger partial charge is 0.462 e. The summed E-state index contributed by atoms with van der Waals surface area (Å²) in [6, 6.07) is 23.8. The third-order valence-electron chi connectivity index (χ3n) is 5.25. The molecule has 0 unspecified atom stereocenters. The Morgan fingerprint density at radius 1 is 1.00 bits per heavy atom. The van der Waals surface area contributed by atoms with Crippen LogP contribution in [-0.2, 0) is 16.1 Å². The molecule has 1 saturated heterocycles. The van der Waals surface area contributed by atoms with E-state index in [1.54, 1.807) is 55.1 Å². The highest BCUT2D eigenvalue weighted by Gasteiger charge is 2.32. The Morgan fingerprint density at radius 2 is 1.76 bits per heavy atom. The number of carbonyl (C=O) groups is 3. The van der Waals surface area contributed by atoms with Gasteiger partial charge in [-0.2, -0.15) is 0 Å². The van der Waals surface area contributed by atoms with E-state index < -0.39 is 5.97 Å². The summed E-state index contributed by atoms with van der Waals surface area (Å²) >= 11 is 1.59. The molecule has 0 spiro atoms. The Hall–Kier alpha value is -3.58. The van der Waals surface area contributed by atoms with Crippen molar-refractivity contribution in [2.75, 3.05) is 17.7 Å². The Labute approximate surface area is 196 Å². The van der Waals surface area contributed by atoms with E-state index in [0.29, 0.717) is 29.1 Å². The SMILES string of the molecule is CCOC(=O)c1cccc(NC(=O)c2ccc([C@@H]3SCC(=O)N3Cc3ccccc3)cc2)c1. The second-order valence-electron chi connectivity index (χ2n) is 7.55. The molecule has 6 nitrogen and oxygen atoms in total. The van der Waals surface area contributed by atoms with Crippen LogP contribution in [-0.4, -0.2) is 35.0 Å². The maximum atomic E-state index is 12.7. The van der Waals surface area contributed by atoms with Crippen LogP contribution in [0.5, 0.6) is 0 Å². The molecular weight excluding hydrogens is 436 g/mol. The third-order valence-corrected chi connectivity index (χ3v) is 6.51. The highest BCUT2D eigenvalue weighted by Crippen LogP contribution is 2.39. The zero-order chi connectivity index (χ0) is 23.2. The van der Waals surface area contributed by atoms with Crippen LogP contribution in [0.25, 0.3) is 0 Å². The van der Waals surface area contributed by atoms with Crippen molar-refractivity contribution >= 4 is 35.2 Å². The van der Waals surface area contributed by atoms with Crippen molar-refractivity contribution in [3.8, 4) is 0 Å². The lowest BCUT2D eigenvalue weighted by Crippen LogP contribution is -2.27. The average Bonchev–Trinajstić information content (AvgIpc) is 3.20. The van der Waals surface area contributed by atoms with Crippen LogP contribution in [0.3, 0.4) is 0 Å². The van der Waals surface area contributed by atoms with Crippen LogP contribution in [0, 0.1) is 0 Å². The molecule has 7 heteroatoms. The second-order valence-corrected chi connectivity index (χ2v) is 8.62. The van der Waals surface area contributed by atoms with Crippen molar-refractivity contribution in [1.29, 1.82) is 0 Å². The van der Waals surface area contributed by atoms with E-state index in [2.05, 4.69) is 5.32 Å². The van der Waals surface area contributed by atoms with Crippen molar-refractivity contribution in [1.82, 2.24) is 4.90 Å². The first-order valence-electron chi connectivity index (χ1n) is 10.7. The number of benzene rings is 3. The predicted octanol–water partition coefficient (Wildman–Crippen LogP) is 4.89. The van der Waals surface area contributed by atoms with E-state index >= 15 is 0 Å². The normalized spacial score (nSPS) is 15.4. The molecule has 1 atom stereocenters. The number of nitrogens with zero attached hydrogens (tertiary/aromatic N) is 1. The summed E-state index contributed by atoms with van der Waals surface area (Å²) in [6.07, 6.45) is 0. The quantitative estimate of drug-likeness (QED) is 0.508. The van der Waals surface area contributed by atoms with E-state index in [0.717, 1.165) is 11.1 Å². The van der Waals surface area contributed by atoms with Crippen LogP contribution >= 0.6 is 11.8 Å². The number of anilines is 1. The standard InChI is InChI=1S/C26H24N2O4S/c1-2-32-26(31)21-9-6-10-22(15-21)27-24(30)19-11-13-20(14-12-19)25-28(23(29)17-33-25)16-18-7-4-3-5-8-18/h3-15,25H,2,16-17H2,1H3,(H,27,30)/t25-/m0/s1. The maximum absolute atomic E-state index is 12.7. The highest BCUT2D eigenvalue weighted by atomic mass is 32.2. The Morgan fingerprint density at radius 3 is 2.48 bits per heavy atom. The first-order valence-corrected chi connectivity index (χ1v) is 11.7. The van der Waals surface area contributed by atoms with E-state index in [4.69, 9.17) is 4.74 Å². The van der Waals surface area contributed by atoms with Crippen molar-refractivity contribution in [2.24, 2.45) is 0 Å². The zero-order valence-electron chi connectivity index (χ0n) is 18.2. The molecule has 33 heavy (non-hydrogen) atoms. The lowest BCUT2D eigenvalue weighted by molar-refractivity contribution is -0.128. The number of carbonyl (C=O) groups excluding carboxylic acids is 3. The monoisotopic (exact) mass is 460 g/mol. The molecule has 0 aliphatic carbocycles. The molecule has 0 aromatic heterocycles. The van der Waals surface area contributed by atoms with Crippen molar-refractivity contribution in [2.45, 2.75) is 18.8 Å². The van der Waals surface area contributed by atoms with Gasteiger partial charge in [0.1, 0.15) is 5.37 Å². The fourth-order valence-electron chi connectivity index (χ4n) is 3.62. The third kappa shape index (κ3) is 5.43. The molecule has 1 aliphatic heterocycles. The topological polar surface area (TPSA) is 75.7 Å². The smallest absolute Gasteiger partial charge is 0.338 e. The molecule has 1 N–H and O–H groups in total. The van der Waals surface area contributed by atoms with Gasteiger partial charge in [-0.25, -0.2) is 4.79 Å². The molecule has 0 bridgehead atoms. The number of nitrogens with one attached hydrogen (secondary N) is 1. The number of hydrogen-bond acceptors (Lipinski definition) is 5. The van der Waals surface area contributed by atoms with Crippen LogP contribution < -0.4 is 5.32 Å². The van der Waals surface area contributed by atoms with Crippen molar-refractivity contribution in [3.63, 3.8) is 0 Å². The van der Waals surface area contributed by atoms with Gasteiger partial charge in [-0.3, -0.25) is 9.59 Å². The first-order chi connectivity index (χ1) is 16.0. The van der Waals surface area contributed by atoms with Crippen LogP contribution in [0.4, 0.5) is 5.69 Å². The summed E-state index contributed by atoms with van der Waals surface area (Å²) in [4.78, 5) is 39.0. The highest BCUT2D eigenvalue weighted by molar-refractivity contribution is 8.00. The fourth-order valence-corrected chi connectivity index (χ4v) is 4.81. The van der Waals surface area contributed by atoms with Crippen molar-refractivity contribution in [3.05, 3.63) is 101 Å². The molecule has 4 rings (SSSR count). The number of amides is 2. The van der Waals surface area contributed by atoms with Gasteiger partial charge in [0.05, 0.1) is 17.9 Å². The number of rotatable bonds is 7. The van der Waals surface area contributed by atoms with E-state index in [-0.39, 0.29) is 23.8 Å². The maximum Gasteiger partial charge on any atom is 0.338 e. The minimum absolute atomic E-state index is 0.0870. The average molecular weight is 461 g/mol. The minimum Gasteiger partial charge on any atom is -0.462 e. The lowest BCUT2D eigenvalue weighted by Gasteiger charge is -2.24. The van der Waals surface area contributed by atoms with Gasteiger partial charge in [0.2, 0.25) is 5.91 Å². The van der Waals surface area contributed by atoms with Gasteiger partial charge < -0.3 is 15.0 Å². The van der Waals surface area contributed by atoms with Gasteiger partial charge in [0, 0.05) is 17.8 Å². The Balaban J connectivity index is 1.44. The molecule has 168 valence electrons. The van der Waals surface area contributed by atoms with E-state index in [1.807, 2.05) is 47.4 Å². The summed E-state index contributed by atoms with van der Waals surface area (Å²) in [5.74, 6) is -0.158. The van der Waals surface area contributed by atoms with Gasteiger partial charge in [0.15, 0.2) is 0 Å². The molecular formula is C26H24N2O4S. The summed E-state index contributed by atoms with van der Waals surface area (Å²) < 4.78 is 5.01. The second kappa shape index (κ2) is 10.4. The van der Waals surface area contributed by atoms with Crippen LogP contribution in [0.1, 0.15) is 44.1 Å². The zero-order valence-corrected chi connectivity index (χ0v) is 19.0. The van der Waals surface area contributed by atoms with E-state index in [1.165, 1.54) is 0 Å². The molecule has 3 aromatic carbocycles.